The molecule has 1 aromatic carbocycles. The van der Waals surface area contributed by atoms with E-state index >= 15 is 0 Å². The summed E-state index contributed by atoms with van der Waals surface area (Å²) >= 11 is 0. The molecule has 2 unspecified atom stereocenters. The number of nitrogens with one attached hydrogen (secondary N) is 2. The molecule has 1 heterocycles. The van der Waals surface area contributed by atoms with E-state index in [4.69, 9.17) is 0 Å². The topological polar surface area (TPSA) is 41.1 Å². The third kappa shape index (κ3) is 4.64. The van der Waals surface area contributed by atoms with Gasteiger partial charge in [-0.3, -0.25) is 4.79 Å². The number of benzene rings is 1. The van der Waals surface area contributed by atoms with Crippen molar-refractivity contribution >= 4 is 5.91 Å². The van der Waals surface area contributed by atoms with E-state index in [-0.39, 0.29) is 5.91 Å². The van der Waals surface area contributed by atoms with Crippen LogP contribution in [0.3, 0.4) is 0 Å². The van der Waals surface area contributed by atoms with Gasteiger partial charge in [0.05, 0.1) is 0 Å². The normalized spacial score (nSPS) is 19.8. The Hall–Kier alpha value is -1.35. The molecule has 1 amide bonds. The largest absolute Gasteiger partial charge is 0.355 e. The number of rotatable bonds is 7. The molecule has 1 aliphatic rings. The number of carbonyl (C=O) groups is 1. The minimum atomic E-state index is 0.200. The van der Waals surface area contributed by atoms with Gasteiger partial charge in [-0.15, -0.1) is 0 Å². The van der Waals surface area contributed by atoms with E-state index in [1.165, 1.54) is 12.0 Å². The van der Waals surface area contributed by atoms with Crippen molar-refractivity contribution in [2.75, 3.05) is 19.6 Å². The molecule has 2 rings (SSSR count). The molecule has 0 aliphatic carbocycles. The van der Waals surface area contributed by atoms with E-state index in [1.807, 2.05) is 6.07 Å². The fourth-order valence-corrected chi connectivity index (χ4v) is 2.84. The molecule has 2 atom stereocenters. The average molecular weight is 274 g/mol. The van der Waals surface area contributed by atoms with Crippen LogP contribution >= 0.6 is 0 Å². The van der Waals surface area contributed by atoms with Gasteiger partial charge in [0.25, 0.3) is 0 Å². The third-order valence-corrected chi connectivity index (χ3v) is 4.25. The van der Waals surface area contributed by atoms with Gasteiger partial charge in [-0.1, -0.05) is 37.3 Å². The quantitative estimate of drug-likeness (QED) is 0.802. The van der Waals surface area contributed by atoms with Crippen molar-refractivity contribution in [2.45, 2.75) is 38.5 Å². The molecular formula is C17H26N2O. The summed E-state index contributed by atoms with van der Waals surface area (Å²) in [5, 5.41) is 6.44. The van der Waals surface area contributed by atoms with Crippen molar-refractivity contribution in [1.29, 1.82) is 0 Å². The second kappa shape index (κ2) is 8.05. The number of hydrogen-bond acceptors (Lipinski definition) is 2. The first-order chi connectivity index (χ1) is 9.79. The Morgan fingerprint density at radius 1 is 1.40 bits per heavy atom. The van der Waals surface area contributed by atoms with Crippen LogP contribution in [0.1, 0.15) is 44.1 Å². The van der Waals surface area contributed by atoms with Gasteiger partial charge in [-0.25, -0.2) is 0 Å². The Morgan fingerprint density at radius 3 is 2.85 bits per heavy atom. The molecular weight excluding hydrogens is 248 g/mol. The van der Waals surface area contributed by atoms with Crippen molar-refractivity contribution in [2.24, 2.45) is 5.92 Å². The Labute approximate surface area is 122 Å². The van der Waals surface area contributed by atoms with Gasteiger partial charge < -0.3 is 10.6 Å². The van der Waals surface area contributed by atoms with Gasteiger partial charge in [-0.2, -0.15) is 0 Å². The maximum Gasteiger partial charge on any atom is 0.220 e. The molecule has 0 saturated carbocycles. The number of hydrogen-bond donors (Lipinski definition) is 2. The summed E-state index contributed by atoms with van der Waals surface area (Å²) in [7, 11) is 0. The first-order valence-corrected chi connectivity index (χ1v) is 7.82. The van der Waals surface area contributed by atoms with Crippen LogP contribution in [-0.2, 0) is 4.79 Å². The van der Waals surface area contributed by atoms with Gasteiger partial charge in [0, 0.05) is 18.9 Å². The highest BCUT2D eigenvalue weighted by Gasteiger charge is 2.16. The van der Waals surface area contributed by atoms with Crippen LogP contribution in [0.25, 0.3) is 0 Å². The van der Waals surface area contributed by atoms with E-state index in [0.29, 0.717) is 18.3 Å². The van der Waals surface area contributed by atoms with Crippen LogP contribution in [0.4, 0.5) is 0 Å². The zero-order valence-corrected chi connectivity index (χ0v) is 12.4. The van der Waals surface area contributed by atoms with E-state index in [1.54, 1.807) is 0 Å². The first kappa shape index (κ1) is 15.0. The van der Waals surface area contributed by atoms with Crippen LogP contribution < -0.4 is 10.6 Å². The van der Waals surface area contributed by atoms with Gasteiger partial charge >= 0.3 is 0 Å². The Bertz CT molecular complexity index is 399. The maximum atomic E-state index is 11.9. The van der Waals surface area contributed by atoms with Crippen LogP contribution in [0.15, 0.2) is 30.3 Å². The van der Waals surface area contributed by atoms with Crippen LogP contribution in [0.5, 0.6) is 0 Å². The lowest BCUT2D eigenvalue weighted by atomic mass is 9.96. The average Bonchev–Trinajstić information content (AvgIpc) is 3.00. The molecule has 0 spiro atoms. The Kier molecular flexibility index (Phi) is 6.06. The zero-order valence-electron chi connectivity index (χ0n) is 12.4. The molecule has 1 saturated heterocycles. The summed E-state index contributed by atoms with van der Waals surface area (Å²) in [6.45, 7) is 5.11. The molecule has 0 radical (unpaired) electrons. The minimum absolute atomic E-state index is 0.200. The van der Waals surface area contributed by atoms with Crippen molar-refractivity contribution in [3.63, 3.8) is 0 Å². The molecule has 3 nitrogen and oxygen atoms in total. The summed E-state index contributed by atoms with van der Waals surface area (Å²) in [5.41, 5.74) is 1.32. The molecule has 1 fully saturated rings. The van der Waals surface area contributed by atoms with Gasteiger partial charge in [0.1, 0.15) is 0 Å². The zero-order chi connectivity index (χ0) is 14.2. The summed E-state index contributed by atoms with van der Waals surface area (Å²) < 4.78 is 0. The summed E-state index contributed by atoms with van der Waals surface area (Å²) in [6.07, 6.45) is 3.95. The molecule has 110 valence electrons. The fourth-order valence-electron chi connectivity index (χ4n) is 2.84. The maximum absolute atomic E-state index is 11.9. The molecule has 20 heavy (non-hydrogen) atoms. The molecule has 3 heteroatoms. The SMILES string of the molecule is CCC(CNC(=O)CCC1CCNC1)c1ccccc1. The molecule has 0 aromatic heterocycles. The smallest absolute Gasteiger partial charge is 0.220 e. The van der Waals surface area contributed by atoms with Gasteiger partial charge in [-0.05, 0) is 43.8 Å². The highest BCUT2D eigenvalue weighted by atomic mass is 16.1. The van der Waals surface area contributed by atoms with E-state index in [0.717, 1.165) is 32.5 Å². The Morgan fingerprint density at radius 2 is 2.20 bits per heavy atom. The molecule has 1 aromatic rings. The van der Waals surface area contributed by atoms with Crippen molar-refractivity contribution in [3.05, 3.63) is 35.9 Å². The van der Waals surface area contributed by atoms with Crippen LogP contribution in [0.2, 0.25) is 0 Å². The van der Waals surface area contributed by atoms with E-state index in [9.17, 15) is 4.79 Å². The monoisotopic (exact) mass is 274 g/mol. The highest BCUT2D eigenvalue weighted by Crippen LogP contribution is 2.18. The van der Waals surface area contributed by atoms with Gasteiger partial charge in [0.15, 0.2) is 0 Å². The molecule has 0 bridgehead atoms. The molecule has 1 aliphatic heterocycles. The Balaban J connectivity index is 1.71. The lowest BCUT2D eigenvalue weighted by Gasteiger charge is -2.16. The summed E-state index contributed by atoms with van der Waals surface area (Å²) in [6, 6.07) is 10.4. The van der Waals surface area contributed by atoms with Crippen molar-refractivity contribution in [3.8, 4) is 0 Å². The number of carbonyl (C=O) groups excluding carboxylic acids is 1. The number of amides is 1. The van der Waals surface area contributed by atoms with Crippen LogP contribution in [-0.4, -0.2) is 25.5 Å². The van der Waals surface area contributed by atoms with Crippen LogP contribution in [0, 0.1) is 5.92 Å². The lowest BCUT2D eigenvalue weighted by Crippen LogP contribution is -2.28. The summed E-state index contributed by atoms with van der Waals surface area (Å²) in [4.78, 5) is 11.9. The minimum Gasteiger partial charge on any atom is -0.355 e. The fraction of sp³-hybridized carbons (Fsp3) is 0.588. The van der Waals surface area contributed by atoms with Crippen molar-refractivity contribution < 1.29 is 4.79 Å². The van der Waals surface area contributed by atoms with E-state index < -0.39 is 0 Å². The predicted octanol–water partition coefficient (Wildman–Crippen LogP) is 2.69. The molecule has 2 N–H and O–H groups in total. The second-order valence-electron chi connectivity index (χ2n) is 5.72. The van der Waals surface area contributed by atoms with Gasteiger partial charge in [0.2, 0.25) is 5.91 Å². The third-order valence-electron chi connectivity index (χ3n) is 4.25. The van der Waals surface area contributed by atoms with Crippen molar-refractivity contribution in [1.82, 2.24) is 10.6 Å². The predicted molar refractivity (Wildman–Crippen MR) is 82.7 cm³/mol. The first-order valence-electron chi connectivity index (χ1n) is 7.82. The standard InChI is InChI=1S/C17H26N2O/c1-2-15(16-6-4-3-5-7-16)13-19-17(20)9-8-14-10-11-18-12-14/h3-7,14-15,18H,2,8-13H2,1H3,(H,19,20). The summed E-state index contributed by atoms with van der Waals surface area (Å²) in [5.74, 6) is 1.32. The lowest BCUT2D eigenvalue weighted by molar-refractivity contribution is -0.121. The highest BCUT2D eigenvalue weighted by molar-refractivity contribution is 5.75. The van der Waals surface area contributed by atoms with E-state index in [2.05, 4.69) is 41.8 Å². The second-order valence-corrected chi connectivity index (χ2v) is 5.72.